The van der Waals surface area contributed by atoms with Gasteiger partial charge < -0.3 is 9.47 Å². The van der Waals surface area contributed by atoms with Crippen LogP contribution in [0.4, 0.5) is 0 Å². The standard InChI is InChI=1S/C22H23IO2S/c1-14(9-18-10-16(3)19(23)11-15(18)2)13-26-17(4)22-12-24-20-7-5-6-8-21(20)25-22/h5-8,10-11,13,22H,4,9,12H2,1-3H3/b14-13+. The van der Waals surface area contributed by atoms with Crippen LogP contribution in [0.5, 0.6) is 11.5 Å². The molecular weight excluding hydrogens is 455 g/mol. The fraction of sp³-hybridized carbons (Fsp3) is 0.273. The molecule has 0 amide bonds. The Kier molecular flexibility index (Phi) is 6.35. The molecule has 2 aromatic carbocycles. The minimum Gasteiger partial charge on any atom is -0.485 e. The van der Waals surface area contributed by atoms with E-state index in [9.17, 15) is 0 Å². The van der Waals surface area contributed by atoms with Crippen molar-refractivity contribution in [1.82, 2.24) is 0 Å². The number of allylic oxidation sites excluding steroid dienone is 1. The molecule has 0 aliphatic carbocycles. The lowest BCUT2D eigenvalue weighted by Gasteiger charge is -2.27. The first kappa shape index (κ1) is 19.4. The lowest BCUT2D eigenvalue weighted by molar-refractivity contribution is 0.121. The van der Waals surface area contributed by atoms with Gasteiger partial charge in [0.1, 0.15) is 6.61 Å². The predicted molar refractivity (Wildman–Crippen MR) is 119 cm³/mol. The van der Waals surface area contributed by atoms with E-state index in [0.717, 1.165) is 22.8 Å². The molecule has 0 bridgehead atoms. The van der Waals surface area contributed by atoms with Crippen molar-refractivity contribution in [1.29, 1.82) is 0 Å². The molecule has 0 fully saturated rings. The van der Waals surface area contributed by atoms with Crippen LogP contribution < -0.4 is 9.47 Å². The van der Waals surface area contributed by atoms with Crippen LogP contribution in [0.1, 0.15) is 23.6 Å². The zero-order valence-electron chi connectivity index (χ0n) is 15.3. The lowest BCUT2D eigenvalue weighted by Crippen LogP contribution is -2.29. The number of aryl methyl sites for hydroxylation is 2. The number of ether oxygens (including phenoxy) is 2. The maximum atomic E-state index is 6.02. The van der Waals surface area contributed by atoms with Crippen molar-refractivity contribution in [2.24, 2.45) is 0 Å². The number of fused-ring (bicyclic) bond motifs is 1. The van der Waals surface area contributed by atoms with E-state index in [0.29, 0.717) is 6.61 Å². The van der Waals surface area contributed by atoms with Gasteiger partial charge in [-0.3, -0.25) is 0 Å². The quantitative estimate of drug-likeness (QED) is 0.461. The van der Waals surface area contributed by atoms with E-state index in [4.69, 9.17) is 9.47 Å². The van der Waals surface area contributed by atoms with Gasteiger partial charge in [0.2, 0.25) is 0 Å². The highest BCUT2D eigenvalue weighted by Crippen LogP contribution is 2.35. The molecule has 4 heteroatoms. The molecule has 0 aromatic heterocycles. The monoisotopic (exact) mass is 478 g/mol. The first-order valence-electron chi connectivity index (χ1n) is 8.59. The van der Waals surface area contributed by atoms with Gasteiger partial charge in [-0.25, -0.2) is 0 Å². The summed E-state index contributed by atoms with van der Waals surface area (Å²) in [5.41, 5.74) is 5.38. The third kappa shape index (κ3) is 4.65. The minimum absolute atomic E-state index is 0.124. The average molecular weight is 478 g/mol. The first-order chi connectivity index (χ1) is 12.4. The fourth-order valence-electron chi connectivity index (χ4n) is 2.80. The number of benzene rings is 2. The van der Waals surface area contributed by atoms with E-state index >= 15 is 0 Å². The summed E-state index contributed by atoms with van der Waals surface area (Å²) in [6, 6.07) is 12.3. The van der Waals surface area contributed by atoms with Gasteiger partial charge in [0, 0.05) is 8.48 Å². The average Bonchev–Trinajstić information content (AvgIpc) is 2.63. The van der Waals surface area contributed by atoms with Crippen molar-refractivity contribution < 1.29 is 9.47 Å². The van der Waals surface area contributed by atoms with Crippen LogP contribution in [0.2, 0.25) is 0 Å². The van der Waals surface area contributed by atoms with Gasteiger partial charge in [0.05, 0.1) is 0 Å². The molecule has 1 unspecified atom stereocenters. The van der Waals surface area contributed by atoms with E-state index in [-0.39, 0.29) is 6.10 Å². The Labute approximate surface area is 173 Å². The zero-order valence-corrected chi connectivity index (χ0v) is 18.3. The van der Waals surface area contributed by atoms with Crippen LogP contribution in [0.15, 0.2) is 58.9 Å². The third-order valence-electron chi connectivity index (χ3n) is 4.37. The van der Waals surface area contributed by atoms with E-state index in [1.807, 2.05) is 24.3 Å². The summed E-state index contributed by atoms with van der Waals surface area (Å²) in [5, 5.41) is 2.18. The summed E-state index contributed by atoms with van der Waals surface area (Å²) < 4.78 is 13.1. The molecular formula is C22H23IO2S. The molecule has 0 N–H and O–H groups in total. The lowest BCUT2D eigenvalue weighted by atomic mass is 10.00. The molecule has 26 heavy (non-hydrogen) atoms. The number of para-hydroxylation sites is 2. The Morgan fingerprint density at radius 1 is 1.23 bits per heavy atom. The molecule has 2 nitrogen and oxygen atoms in total. The summed E-state index contributed by atoms with van der Waals surface area (Å²) >= 11 is 4.03. The zero-order chi connectivity index (χ0) is 18.7. The summed E-state index contributed by atoms with van der Waals surface area (Å²) in [4.78, 5) is 0.967. The summed E-state index contributed by atoms with van der Waals surface area (Å²) in [7, 11) is 0. The Bertz CT molecular complexity index is 857. The first-order valence-corrected chi connectivity index (χ1v) is 10.5. The second kappa shape index (κ2) is 8.53. The van der Waals surface area contributed by atoms with Gasteiger partial charge in [-0.05, 0) is 90.1 Å². The number of hydrogen-bond acceptors (Lipinski definition) is 3. The molecule has 3 rings (SSSR count). The fourth-order valence-corrected chi connectivity index (χ4v) is 4.13. The maximum Gasteiger partial charge on any atom is 0.163 e. The van der Waals surface area contributed by atoms with E-state index in [1.54, 1.807) is 11.8 Å². The smallest absolute Gasteiger partial charge is 0.163 e. The minimum atomic E-state index is -0.124. The summed E-state index contributed by atoms with van der Waals surface area (Å²) in [6.07, 6.45) is 0.829. The van der Waals surface area contributed by atoms with Crippen molar-refractivity contribution in [3.05, 3.63) is 79.1 Å². The maximum absolute atomic E-state index is 6.02. The second-order valence-corrected chi connectivity index (χ2v) is 8.78. The predicted octanol–water partition coefficient (Wildman–Crippen LogP) is 6.44. The summed E-state index contributed by atoms with van der Waals surface area (Å²) in [6.45, 7) is 11.2. The van der Waals surface area contributed by atoms with Gasteiger partial charge >= 0.3 is 0 Å². The van der Waals surface area contributed by atoms with E-state index in [1.165, 1.54) is 25.8 Å². The Hall–Kier alpha value is -1.40. The Morgan fingerprint density at radius 2 is 1.96 bits per heavy atom. The van der Waals surface area contributed by atoms with Crippen molar-refractivity contribution in [3.8, 4) is 11.5 Å². The van der Waals surface area contributed by atoms with Crippen molar-refractivity contribution in [3.63, 3.8) is 0 Å². The van der Waals surface area contributed by atoms with Gasteiger partial charge in [0.25, 0.3) is 0 Å². The van der Waals surface area contributed by atoms with Gasteiger partial charge in [-0.15, -0.1) is 0 Å². The number of hydrogen-bond donors (Lipinski definition) is 0. The van der Waals surface area contributed by atoms with Crippen LogP contribution >= 0.6 is 34.4 Å². The van der Waals surface area contributed by atoms with Crippen LogP contribution in [0, 0.1) is 17.4 Å². The molecule has 1 aliphatic heterocycles. The van der Waals surface area contributed by atoms with Gasteiger partial charge in [-0.2, -0.15) is 0 Å². The second-order valence-electron chi connectivity index (χ2n) is 6.62. The molecule has 1 heterocycles. The Balaban J connectivity index is 1.61. The number of halogens is 1. The molecule has 136 valence electrons. The molecule has 1 atom stereocenters. The molecule has 0 saturated heterocycles. The molecule has 0 saturated carbocycles. The number of thioether (sulfide) groups is 1. The van der Waals surface area contributed by atoms with Crippen LogP contribution in [0.25, 0.3) is 0 Å². The van der Waals surface area contributed by atoms with Crippen molar-refractivity contribution in [2.75, 3.05) is 6.61 Å². The largest absolute Gasteiger partial charge is 0.485 e. The SMILES string of the molecule is C=C(S/C=C(\C)Cc1cc(C)c(I)cc1C)C1COc2ccccc2O1. The molecule has 2 aromatic rings. The number of rotatable bonds is 5. The third-order valence-corrected chi connectivity index (χ3v) is 6.61. The van der Waals surface area contributed by atoms with Gasteiger partial charge in [-0.1, -0.05) is 42.1 Å². The van der Waals surface area contributed by atoms with Gasteiger partial charge in [0.15, 0.2) is 17.6 Å². The topological polar surface area (TPSA) is 18.5 Å². The molecule has 0 spiro atoms. The van der Waals surface area contributed by atoms with Crippen LogP contribution in [0.3, 0.4) is 0 Å². The normalized spacial score (nSPS) is 16.5. The van der Waals surface area contributed by atoms with Crippen molar-refractivity contribution in [2.45, 2.75) is 33.3 Å². The van der Waals surface area contributed by atoms with E-state index in [2.05, 4.69) is 67.5 Å². The van der Waals surface area contributed by atoms with Crippen LogP contribution in [-0.4, -0.2) is 12.7 Å². The summed E-state index contributed by atoms with van der Waals surface area (Å²) in [5.74, 6) is 1.59. The Morgan fingerprint density at radius 3 is 2.73 bits per heavy atom. The van der Waals surface area contributed by atoms with E-state index < -0.39 is 0 Å². The molecule has 0 radical (unpaired) electrons. The highest BCUT2D eigenvalue weighted by atomic mass is 127. The van der Waals surface area contributed by atoms with Crippen LogP contribution in [-0.2, 0) is 6.42 Å². The molecule has 1 aliphatic rings. The highest BCUT2D eigenvalue weighted by molar-refractivity contribution is 14.1. The van der Waals surface area contributed by atoms with Crippen molar-refractivity contribution >= 4 is 34.4 Å². The highest BCUT2D eigenvalue weighted by Gasteiger charge is 2.23.